The molecule has 2 heterocycles. The van der Waals surface area contributed by atoms with Gasteiger partial charge in [-0.3, -0.25) is 9.69 Å². The Morgan fingerprint density at radius 2 is 2.30 bits per heavy atom. The summed E-state index contributed by atoms with van der Waals surface area (Å²) >= 11 is 0. The van der Waals surface area contributed by atoms with Gasteiger partial charge in [-0.1, -0.05) is 19.9 Å². The summed E-state index contributed by atoms with van der Waals surface area (Å²) in [6.45, 7) is 6.33. The van der Waals surface area contributed by atoms with Gasteiger partial charge in [0.25, 0.3) is 0 Å². The number of hydrogen-bond acceptors (Lipinski definition) is 5. The SMILES string of the molecule is CC(C)CN1CCCC1C(=O)Nc1cccc(-n2cnnn2)c1. The summed E-state index contributed by atoms with van der Waals surface area (Å²) in [5, 5.41) is 14.1. The van der Waals surface area contributed by atoms with Crippen LogP contribution in [0.25, 0.3) is 5.69 Å². The highest BCUT2D eigenvalue weighted by Crippen LogP contribution is 2.21. The molecule has 3 rings (SSSR count). The second-order valence-electron chi connectivity index (χ2n) is 6.34. The Kier molecular flexibility index (Phi) is 4.66. The van der Waals surface area contributed by atoms with E-state index in [0.29, 0.717) is 5.92 Å². The predicted molar refractivity (Wildman–Crippen MR) is 87.2 cm³/mol. The van der Waals surface area contributed by atoms with Crippen LogP contribution in [0.3, 0.4) is 0 Å². The fourth-order valence-electron chi connectivity index (χ4n) is 3.04. The molecule has 1 aromatic carbocycles. The first kappa shape index (κ1) is 15.6. The largest absolute Gasteiger partial charge is 0.325 e. The van der Waals surface area contributed by atoms with E-state index in [1.54, 1.807) is 4.68 Å². The van der Waals surface area contributed by atoms with Gasteiger partial charge >= 0.3 is 0 Å². The molecule has 0 bridgehead atoms. The number of aromatic nitrogens is 4. The molecule has 7 heteroatoms. The number of benzene rings is 1. The summed E-state index contributed by atoms with van der Waals surface area (Å²) in [5.74, 6) is 0.628. The van der Waals surface area contributed by atoms with E-state index >= 15 is 0 Å². The van der Waals surface area contributed by atoms with Gasteiger partial charge in [0.05, 0.1) is 11.7 Å². The number of tetrazole rings is 1. The zero-order chi connectivity index (χ0) is 16.2. The quantitative estimate of drug-likeness (QED) is 0.909. The van der Waals surface area contributed by atoms with Gasteiger partial charge in [-0.25, -0.2) is 4.68 Å². The molecular formula is C16H22N6O. The van der Waals surface area contributed by atoms with Crippen LogP contribution in [0.1, 0.15) is 26.7 Å². The van der Waals surface area contributed by atoms with E-state index < -0.39 is 0 Å². The number of likely N-dealkylation sites (tertiary alicyclic amines) is 1. The van der Waals surface area contributed by atoms with Gasteiger partial charge < -0.3 is 5.32 Å². The maximum Gasteiger partial charge on any atom is 0.241 e. The second-order valence-corrected chi connectivity index (χ2v) is 6.34. The topological polar surface area (TPSA) is 75.9 Å². The van der Waals surface area contributed by atoms with E-state index in [-0.39, 0.29) is 11.9 Å². The average molecular weight is 314 g/mol. The van der Waals surface area contributed by atoms with Crippen LogP contribution in [0.15, 0.2) is 30.6 Å². The molecule has 0 spiro atoms. The Bertz CT molecular complexity index is 654. The first-order valence-corrected chi connectivity index (χ1v) is 8.02. The van der Waals surface area contributed by atoms with E-state index in [1.807, 2.05) is 24.3 Å². The Morgan fingerprint density at radius 1 is 1.43 bits per heavy atom. The molecule has 1 aromatic heterocycles. The van der Waals surface area contributed by atoms with Crippen molar-refractivity contribution in [2.45, 2.75) is 32.7 Å². The molecule has 1 unspecified atom stereocenters. The van der Waals surface area contributed by atoms with Gasteiger partial charge in [0.1, 0.15) is 6.33 Å². The fourth-order valence-corrected chi connectivity index (χ4v) is 3.04. The van der Waals surface area contributed by atoms with Crippen molar-refractivity contribution in [2.24, 2.45) is 5.92 Å². The minimum absolute atomic E-state index is 0.0332. The number of amides is 1. The van der Waals surface area contributed by atoms with Gasteiger partial charge in [0.15, 0.2) is 0 Å². The minimum atomic E-state index is -0.0332. The zero-order valence-corrected chi connectivity index (χ0v) is 13.5. The number of nitrogens with one attached hydrogen (secondary N) is 1. The molecule has 23 heavy (non-hydrogen) atoms. The molecule has 2 aromatic rings. The van der Waals surface area contributed by atoms with Crippen molar-refractivity contribution in [3.05, 3.63) is 30.6 Å². The first-order valence-electron chi connectivity index (χ1n) is 8.02. The minimum Gasteiger partial charge on any atom is -0.325 e. The van der Waals surface area contributed by atoms with Crippen molar-refractivity contribution in [3.63, 3.8) is 0 Å². The van der Waals surface area contributed by atoms with Gasteiger partial charge in [-0.15, -0.1) is 5.10 Å². The molecule has 1 fully saturated rings. The summed E-state index contributed by atoms with van der Waals surface area (Å²) in [7, 11) is 0. The highest BCUT2D eigenvalue weighted by atomic mass is 16.2. The van der Waals surface area contributed by atoms with Gasteiger partial charge in [-0.05, 0) is 53.9 Å². The smallest absolute Gasteiger partial charge is 0.241 e. The van der Waals surface area contributed by atoms with E-state index in [4.69, 9.17) is 0 Å². The summed E-state index contributed by atoms with van der Waals surface area (Å²) < 4.78 is 1.57. The molecule has 7 nitrogen and oxygen atoms in total. The third-order valence-electron chi connectivity index (χ3n) is 3.99. The molecule has 1 saturated heterocycles. The normalized spacial score (nSPS) is 18.5. The van der Waals surface area contributed by atoms with E-state index in [0.717, 1.165) is 37.3 Å². The molecule has 122 valence electrons. The lowest BCUT2D eigenvalue weighted by atomic mass is 10.1. The Hall–Kier alpha value is -2.28. The number of carbonyl (C=O) groups is 1. The molecule has 1 N–H and O–H groups in total. The highest BCUT2D eigenvalue weighted by Gasteiger charge is 2.30. The fraction of sp³-hybridized carbons (Fsp3) is 0.500. The van der Waals surface area contributed by atoms with Crippen LogP contribution in [0.2, 0.25) is 0 Å². The van der Waals surface area contributed by atoms with Crippen molar-refractivity contribution < 1.29 is 4.79 Å². The van der Waals surface area contributed by atoms with Gasteiger partial charge in [0, 0.05) is 12.2 Å². The molecule has 1 amide bonds. The Morgan fingerprint density at radius 3 is 3.04 bits per heavy atom. The molecular weight excluding hydrogens is 292 g/mol. The van der Waals surface area contributed by atoms with Gasteiger partial charge in [0.2, 0.25) is 5.91 Å². The van der Waals surface area contributed by atoms with Crippen molar-refractivity contribution in [3.8, 4) is 5.69 Å². The summed E-state index contributed by atoms with van der Waals surface area (Å²) in [6, 6.07) is 7.50. The third-order valence-corrected chi connectivity index (χ3v) is 3.99. The zero-order valence-electron chi connectivity index (χ0n) is 13.5. The maximum atomic E-state index is 12.6. The van der Waals surface area contributed by atoms with Crippen LogP contribution in [0.4, 0.5) is 5.69 Å². The van der Waals surface area contributed by atoms with Crippen molar-refractivity contribution >= 4 is 11.6 Å². The lowest BCUT2D eigenvalue weighted by Crippen LogP contribution is -2.41. The summed E-state index contributed by atoms with van der Waals surface area (Å²) in [6.07, 6.45) is 3.53. The third kappa shape index (κ3) is 3.73. The molecule has 0 saturated carbocycles. The van der Waals surface area contributed by atoms with E-state index in [2.05, 4.69) is 39.6 Å². The lowest BCUT2D eigenvalue weighted by Gasteiger charge is -2.25. The average Bonchev–Trinajstić information content (AvgIpc) is 3.18. The molecule has 1 aliphatic rings. The van der Waals surface area contributed by atoms with E-state index in [1.165, 1.54) is 6.33 Å². The highest BCUT2D eigenvalue weighted by molar-refractivity contribution is 5.95. The lowest BCUT2D eigenvalue weighted by molar-refractivity contribution is -0.120. The van der Waals surface area contributed by atoms with E-state index in [9.17, 15) is 4.79 Å². The molecule has 1 atom stereocenters. The van der Waals surface area contributed by atoms with Crippen LogP contribution in [0, 0.1) is 5.92 Å². The van der Waals surface area contributed by atoms with Crippen molar-refractivity contribution in [1.29, 1.82) is 0 Å². The number of anilines is 1. The number of hydrogen-bond donors (Lipinski definition) is 1. The van der Waals surface area contributed by atoms with Crippen LogP contribution >= 0.6 is 0 Å². The molecule has 0 aliphatic carbocycles. The monoisotopic (exact) mass is 314 g/mol. The summed E-state index contributed by atoms with van der Waals surface area (Å²) in [5.41, 5.74) is 1.58. The first-order chi connectivity index (χ1) is 11.1. The predicted octanol–water partition coefficient (Wildman–Crippen LogP) is 1.72. The Balaban J connectivity index is 1.69. The van der Waals surface area contributed by atoms with Crippen LogP contribution < -0.4 is 5.32 Å². The summed E-state index contributed by atoms with van der Waals surface area (Å²) in [4.78, 5) is 14.9. The maximum absolute atomic E-state index is 12.6. The number of carbonyl (C=O) groups excluding carboxylic acids is 1. The Labute approximate surface area is 135 Å². The van der Waals surface area contributed by atoms with Crippen molar-refractivity contribution in [2.75, 3.05) is 18.4 Å². The van der Waals surface area contributed by atoms with Crippen LogP contribution in [0.5, 0.6) is 0 Å². The molecule has 0 radical (unpaired) electrons. The van der Waals surface area contributed by atoms with Crippen LogP contribution in [-0.2, 0) is 4.79 Å². The van der Waals surface area contributed by atoms with Gasteiger partial charge in [-0.2, -0.15) is 0 Å². The standard InChI is InChI=1S/C16H22N6O/c1-12(2)10-21-8-4-7-15(21)16(23)18-13-5-3-6-14(9-13)22-11-17-19-20-22/h3,5-6,9,11-12,15H,4,7-8,10H2,1-2H3,(H,18,23). The van der Waals surface area contributed by atoms with Crippen molar-refractivity contribution in [1.82, 2.24) is 25.1 Å². The second kappa shape index (κ2) is 6.87. The number of rotatable bonds is 5. The molecule has 1 aliphatic heterocycles. The number of nitrogens with zero attached hydrogens (tertiary/aromatic N) is 5. The van der Waals surface area contributed by atoms with Crippen LogP contribution in [-0.4, -0.2) is 50.1 Å².